The maximum atomic E-state index is 10.5. The molecule has 0 amide bonds. The molecule has 0 heterocycles. The van der Waals surface area contributed by atoms with E-state index >= 15 is 0 Å². The van der Waals surface area contributed by atoms with E-state index < -0.39 is 0 Å². The molecule has 2 aliphatic carbocycles. The molecule has 5 heteroatoms. The second-order valence-electron chi connectivity index (χ2n) is 6.73. The first kappa shape index (κ1) is 17.1. The number of halogens is 2. The maximum Gasteiger partial charge on any atom is 0.106 e. The minimum atomic E-state index is -0.244. The molecule has 0 saturated heterocycles. The fourth-order valence-electron chi connectivity index (χ4n) is 4.58. The number of hydrogen-bond donors (Lipinski definition) is 1. The van der Waals surface area contributed by atoms with Gasteiger partial charge in [-0.2, -0.15) is 0 Å². The highest BCUT2D eigenvalue weighted by atomic mass is 35.5. The Hall–Kier alpha value is -0.770. The monoisotopic (exact) mass is 355 g/mol. The molecule has 3 nitrogen and oxygen atoms in total. The van der Waals surface area contributed by atoms with Crippen LogP contribution in [-0.2, 0) is 4.84 Å². The highest BCUT2D eigenvalue weighted by Crippen LogP contribution is 2.53. The smallest absolute Gasteiger partial charge is 0.106 e. The zero-order chi connectivity index (χ0) is 16.6. The molecule has 2 bridgehead atoms. The Kier molecular flexibility index (Phi) is 5.19. The average molecular weight is 356 g/mol. The van der Waals surface area contributed by atoms with Crippen molar-refractivity contribution in [2.45, 2.75) is 44.6 Å². The van der Waals surface area contributed by atoms with Gasteiger partial charge < -0.3 is 9.94 Å². The lowest BCUT2D eigenvalue weighted by Crippen LogP contribution is -2.36. The van der Waals surface area contributed by atoms with Crippen molar-refractivity contribution in [3.63, 3.8) is 0 Å². The normalized spacial score (nSPS) is 33.8. The van der Waals surface area contributed by atoms with E-state index in [1.54, 1.807) is 7.11 Å². The van der Waals surface area contributed by atoms with E-state index in [0.29, 0.717) is 21.9 Å². The highest BCUT2D eigenvalue weighted by Gasteiger charge is 2.48. The van der Waals surface area contributed by atoms with Crippen LogP contribution in [0.15, 0.2) is 23.4 Å². The summed E-state index contributed by atoms with van der Waals surface area (Å²) in [7, 11) is 1.58. The van der Waals surface area contributed by atoms with Crippen LogP contribution in [0.25, 0.3) is 0 Å². The van der Waals surface area contributed by atoms with Gasteiger partial charge in [0, 0.05) is 5.92 Å². The molecule has 23 heavy (non-hydrogen) atoms. The fraction of sp³-hybridized carbons (Fsp3) is 0.611. The summed E-state index contributed by atoms with van der Waals surface area (Å²) in [5.41, 5.74) is 2.22. The third-order valence-corrected chi connectivity index (χ3v) is 6.22. The van der Waals surface area contributed by atoms with Gasteiger partial charge in [-0.25, -0.2) is 0 Å². The lowest BCUT2D eigenvalue weighted by atomic mass is 9.67. The summed E-state index contributed by atoms with van der Waals surface area (Å²) in [6.07, 6.45) is 3.60. The molecule has 2 saturated carbocycles. The Morgan fingerprint density at radius 3 is 2.70 bits per heavy atom. The van der Waals surface area contributed by atoms with E-state index in [0.717, 1.165) is 31.4 Å². The number of oxime groups is 1. The van der Waals surface area contributed by atoms with E-state index in [-0.39, 0.29) is 17.9 Å². The maximum absolute atomic E-state index is 10.5. The van der Waals surface area contributed by atoms with Crippen LogP contribution < -0.4 is 0 Å². The summed E-state index contributed by atoms with van der Waals surface area (Å²) in [6, 6.07) is 5.89. The molecule has 2 unspecified atom stereocenters. The van der Waals surface area contributed by atoms with Crippen molar-refractivity contribution in [2.24, 2.45) is 22.9 Å². The summed E-state index contributed by atoms with van der Waals surface area (Å²) in [6.45, 7) is 2.09. The predicted octanol–water partition coefficient (Wildman–Crippen LogP) is 4.90. The average Bonchev–Trinajstić information content (AvgIpc) is 2.83. The number of hydrogen-bond acceptors (Lipinski definition) is 3. The number of benzene rings is 1. The van der Waals surface area contributed by atoms with Crippen LogP contribution in [0.3, 0.4) is 0 Å². The molecule has 126 valence electrons. The lowest BCUT2D eigenvalue weighted by Gasteiger charge is -2.38. The van der Waals surface area contributed by atoms with Crippen LogP contribution in [0.2, 0.25) is 10.0 Å². The SMILES string of the molecule is CCC(=NOC)[C@H]1[C@H](c2ccc(Cl)c(Cl)c2)CC2CC(O)[C@@H]1C2. The van der Waals surface area contributed by atoms with Gasteiger partial charge in [-0.05, 0) is 61.1 Å². The molecule has 0 aliphatic heterocycles. The number of aliphatic hydroxyl groups excluding tert-OH is 1. The number of fused-ring (bicyclic) bond motifs is 2. The first-order chi connectivity index (χ1) is 11.0. The molecule has 3 rings (SSSR count). The van der Waals surface area contributed by atoms with Gasteiger partial charge in [-0.3, -0.25) is 0 Å². The Bertz CT molecular complexity index is 605. The van der Waals surface area contributed by atoms with Gasteiger partial charge in [0.05, 0.1) is 21.9 Å². The topological polar surface area (TPSA) is 41.8 Å². The molecule has 0 aromatic heterocycles. The van der Waals surface area contributed by atoms with Crippen molar-refractivity contribution in [1.82, 2.24) is 0 Å². The van der Waals surface area contributed by atoms with Gasteiger partial charge in [0.15, 0.2) is 0 Å². The molecule has 2 fully saturated rings. The predicted molar refractivity (Wildman–Crippen MR) is 94.3 cm³/mol. The minimum Gasteiger partial charge on any atom is -0.399 e. The Morgan fingerprint density at radius 2 is 2.04 bits per heavy atom. The standard InChI is InChI=1S/C18H23Cl2NO2/c1-3-16(21-23-2)18-12(6-10-7-13(18)17(22)8-10)11-4-5-14(19)15(20)9-11/h4-5,9-10,12-13,17-18,22H,3,6-8H2,1-2H3/t10?,12-,13-,17?,18-/m0/s1. The Morgan fingerprint density at radius 1 is 1.26 bits per heavy atom. The number of aliphatic hydroxyl groups is 1. The molecule has 1 aromatic rings. The number of rotatable bonds is 4. The summed E-state index contributed by atoms with van der Waals surface area (Å²) in [4.78, 5) is 5.08. The van der Waals surface area contributed by atoms with E-state index in [2.05, 4.69) is 18.1 Å². The van der Waals surface area contributed by atoms with Gasteiger partial charge in [0.1, 0.15) is 7.11 Å². The fourth-order valence-corrected chi connectivity index (χ4v) is 4.89. The van der Waals surface area contributed by atoms with E-state index in [1.807, 2.05) is 12.1 Å². The van der Waals surface area contributed by atoms with Crippen LogP contribution in [0.4, 0.5) is 0 Å². The van der Waals surface area contributed by atoms with Crippen molar-refractivity contribution >= 4 is 28.9 Å². The summed E-state index contributed by atoms with van der Waals surface area (Å²) < 4.78 is 0. The Balaban J connectivity index is 2.01. The van der Waals surface area contributed by atoms with Gasteiger partial charge in [-0.15, -0.1) is 0 Å². The van der Waals surface area contributed by atoms with E-state index in [9.17, 15) is 5.11 Å². The lowest BCUT2D eigenvalue weighted by molar-refractivity contribution is 0.106. The van der Waals surface area contributed by atoms with Crippen LogP contribution in [0.5, 0.6) is 0 Å². The molecule has 0 radical (unpaired) electrons. The van der Waals surface area contributed by atoms with Crippen molar-refractivity contribution in [3.05, 3.63) is 33.8 Å². The largest absolute Gasteiger partial charge is 0.399 e. The van der Waals surface area contributed by atoms with E-state index in [1.165, 1.54) is 5.56 Å². The molecule has 1 aromatic carbocycles. The molecular formula is C18H23Cl2NO2. The molecule has 1 N–H and O–H groups in total. The van der Waals surface area contributed by atoms with Crippen LogP contribution >= 0.6 is 23.2 Å². The quantitative estimate of drug-likeness (QED) is 0.616. The van der Waals surface area contributed by atoms with Gasteiger partial charge in [-0.1, -0.05) is 41.3 Å². The Labute approximate surface area is 147 Å². The molecule has 0 spiro atoms. The van der Waals surface area contributed by atoms with Crippen molar-refractivity contribution in [2.75, 3.05) is 7.11 Å². The second-order valence-corrected chi connectivity index (χ2v) is 7.54. The first-order valence-electron chi connectivity index (χ1n) is 8.28. The summed E-state index contributed by atoms with van der Waals surface area (Å²) in [5, 5.41) is 15.9. The van der Waals surface area contributed by atoms with Gasteiger partial charge >= 0.3 is 0 Å². The minimum absolute atomic E-state index is 0.200. The molecule has 5 atom stereocenters. The van der Waals surface area contributed by atoms with E-state index in [4.69, 9.17) is 28.0 Å². The van der Waals surface area contributed by atoms with Crippen molar-refractivity contribution in [3.8, 4) is 0 Å². The van der Waals surface area contributed by atoms with Gasteiger partial charge in [0.2, 0.25) is 0 Å². The summed E-state index contributed by atoms with van der Waals surface area (Å²) in [5.74, 6) is 1.33. The second kappa shape index (κ2) is 7.00. The van der Waals surface area contributed by atoms with Crippen LogP contribution in [0.1, 0.15) is 44.1 Å². The van der Waals surface area contributed by atoms with Gasteiger partial charge in [0.25, 0.3) is 0 Å². The van der Waals surface area contributed by atoms with Crippen LogP contribution in [0, 0.1) is 17.8 Å². The molecule has 2 aliphatic rings. The van der Waals surface area contributed by atoms with Crippen molar-refractivity contribution < 1.29 is 9.94 Å². The van der Waals surface area contributed by atoms with Crippen molar-refractivity contribution in [1.29, 1.82) is 0 Å². The highest BCUT2D eigenvalue weighted by molar-refractivity contribution is 6.42. The third-order valence-electron chi connectivity index (χ3n) is 5.48. The zero-order valence-corrected chi connectivity index (χ0v) is 15.0. The van der Waals surface area contributed by atoms with Crippen LogP contribution in [-0.4, -0.2) is 24.0 Å². The zero-order valence-electron chi connectivity index (χ0n) is 13.5. The first-order valence-corrected chi connectivity index (χ1v) is 9.03. The third kappa shape index (κ3) is 3.24. The molecular weight excluding hydrogens is 333 g/mol. The number of nitrogens with zero attached hydrogens (tertiary/aromatic N) is 1. The summed E-state index contributed by atoms with van der Waals surface area (Å²) >= 11 is 12.3.